The van der Waals surface area contributed by atoms with E-state index in [4.69, 9.17) is 10.5 Å². The Morgan fingerprint density at radius 1 is 1.23 bits per heavy atom. The normalized spacial score (nSPS) is 17.1. The molecule has 26 heavy (non-hydrogen) atoms. The van der Waals surface area contributed by atoms with Crippen LogP contribution in [0.3, 0.4) is 0 Å². The predicted molar refractivity (Wildman–Crippen MR) is 88.7 cm³/mol. The van der Waals surface area contributed by atoms with E-state index in [0.29, 0.717) is 18.9 Å². The minimum absolute atomic E-state index is 0.0569. The van der Waals surface area contributed by atoms with Crippen molar-refractivity contribution in [1.29, 1.82) is 0 Å². The van der Waals surface area contributed by atoms with Gasteiger partial charge in [0.05, 0.1) is 17.9 Å². The number of nitrogens with zero attached hydrogens (tertiary/aromatic N) is 2. The second-order valence-corrected chi connectivity index (χ2v) is 6.14. The van der Waals surface area contributed by atoms with E-state index in [1.165, 1.54) is 24.3 Å². The number of amides is 1. The van der Waals surface area contributed by atoms with Gasteiger partial charge in [-0.1, -0.05) is 0 Å². The number of carbonyl (C=O) groups excluding carboxylic acids is 1. The van der Waals surface area contributed by atoms with E-state index in [0.717, 1.165) is 29.8 Å². The average molecular weight is 368 g/mol. The third kappa shape index (κ3) is 4.05. The molecular formula is C17H19F3N4O2. The van der Waals surface area contributed by atoms with E-state index in [1.54, 1.807) is 0 Å². The second-order valence-electron chi connectivity index (χ2n) is 6.14. The fraction of sp³-hybridized carbons (Fsp3) is 0.412. The standard InChI is InChI=1S/C17H19F3N4O2/c18-17(19,20)14-5-8-22-24(14)13-3-1-12(2-4-13)23-16(25)15(21)11-6-9-26-10-7-11/h1-5,8,11,15H,6-7,9-10,21H2,(H,23,25). The third-order valence-corrected chi connectivity index (χ3v) is 4.39. The Balaban J connectivity index is 1.68. The van der Waals surface area contributed by atoms with Crippen molar-refractivity contribution in [3.05, 3.63) is 42.2 Å². The number of hydrogen-bond donors (Lipinski definition) is 2. The molecule has 1 amide bonds. The van der Waals surface area contributed by atoms with Crippen LogP contribution in [0.15, 0.2) is 36.5 Å². The lowest BCUT2D eigenvalue weighted by Crippen LogP contribution is -2.43. The lowest BCUT2D eigenvalue weighted by atomic mass is 9.92. The zero-order valence-electron chi connectivity index (χ0n) is 13.9. The summed E-state index contributed by atoms with van der Waals surface area (Å²) in [5, 5.41) is 6.41. The Kier molecular flexibility index (Phi) is 5.28. The number of halogens is 3. The molecule has 0 saturated carbocycles. The number of ether oxygens (including phenoxy) is 1. The largest absolute Gasteiger partial charge is 0.433 e. The minimum atomic E-state index is -4.50. The van der Waals surface area contributed by atoms with Gasteiger partial charge in [0.15, 0.2) is 0 Å². The molecule has 1 unspecified atom stereocenters. The first-order valence-corrected chi connectivity index (χ1v) is 8.22. The molecule has 1 fully saturated rings. The lowest BCUT2D eigenvalue weighted by Gasteiger charge is -2.26. The van der Waals surface area contributed by atoms with Crippen molar-refractivity contribution in [2.45, 2.75) is 25.1 Å². The quantitative estimate of drug-likeness (QED) is 0.869. The van der Waals surface area contributed by atoms with E-state index in [1.807, 2.05) is 0 Å². The van der Waals surface area contributed by atoms with Crippen molar-refractivity contribution in [1.82, 2.24) is 9.78 Å². The predicted octanol–water partition coefficient (Wildman–Crippen LogP) is 2.58. The highest BCUT2D eigenvalue weighted by Gasteiger charge is 2.35. The van der Waals surface area contributed by atoms with Gasteiger partial charge in [-0.15, -0.1) is 0 Å². The molecular weight excluding hydrogens is 349 g/mol. The first kappa shape index (κ1) is 18.4. The van der Waals surface area contributed by atoms with Gasteiger partial charge in [-0.05, 0) is 49.1 Å². The summed E-state index contributed by atoms with van der Waals surface area (Å²) in [4.78, 5) is 12.3. The van der Waals surface area contributed by atoms with E-state index in [-0.39, 0.29) is 17.5 Å². The van der Waals surface area contributed by atoms with Gasteiger partial charge in [0.1, 0.15) is 5.69 Å². The van der Waals surface area contributed by atoms with Gasteiger partial charge in [0.2, 0.25) is 5.91 Å². The van der Waals surface area contributed by atoms with E-state index < -0.39 is 17.9 Å². The number of benzene rings is 1. The Morgan fingerprint density at radius 2 is 1.88 bits per heavy atom. The van der Waals surface area contributed by atoms with Crippen LogP contribution in [-0.2, 0) is 15.7 Å². The molecule has 6 nitrogen and oxygen atoms in total. The van der Waals surface area contributed by atoms with Crippen LogP contribution < -0.4 is 11.1 Å². The van der Waals surface area contributed by atoms with Gasteiger partial charge in [-0.25, -0.2) is 4.68 Å². The van der Waals surface area contributed by atoms with Crippen LogP contribution in [0.4, 0.5) is 18.9 Å². The third-order valence-electron chi connectivity index (χ3n) is 4.39. The lowest BCUT2D eigenvalue weighted by molar-refractivity contribution is -0.142. The number of carbonyl (C=O) groups is 1. The van der Waals surface area contributed by atoms with Crippen LogP contribution in [0.25, 0.3) is 5.69 Å². The molecule has 0 spiro atoms. The van der Waals surface area contributed by atoms with Crippen molar-refractivity contribution >= 4 is 11.6 Å². The van der Waals surface area contributed by atoms with Gasteiger partial charge in [0.25, 0.3) is 0 Å². The van der Waals surface area contributed by atoms with Crippen LogP contribution in [0.1, 0.15) is 18.5 Å². The minimum Gasteiger partial charge on any atom is -0.381 e. The summed E-state index contributed by atoms with van der Waals surface area (Å²) in [6.45, 7) is 1.18. The number of nitrogens with two attached hydrogens (primary N) is 1. The highest BCUT2D eigenvalue weighted by molar-refractivity contribution is 5.94. The molecule has 0 bridgehead atoms. The summed E-state index contributed by atoms with van der Waals surface area (Å²) in [7, 11) is 0. The molecule has 0 radical (unpaired) electrons. The Morgan fingerprint density at radius 3 is 2.50 bits per heavy atom. The molecule has 140 valence electrons. The van der Waals surface area contributed by atoms with E-state index >= 15 is 0 Å². The Bertz CT molecular complexity index is 752. The summed E-state index contributed by atoms with van der Waals surface area (Å²) in [6, 6.07) is 6.21. The summed E-state index contributed by atoms with van der Waals surface area (Å²) in [5.41, 5.74) is 5.85. The summed E-state index contributed by atoms with van der Waals surface area (Å²) in [5.74, 6) is -0.263. The van der Waals surface area contributed by atoms with Gasteiger partial charge in [-0.2, -0.15) is 18.3 Å². The van der Waals surface area contributed by atoms with Crippen LogP contribution in [0.5, 0.6) is 0 Å². The van der Waals surface area contributed by atoms with Crippen LogP contribution >= 0.6 is 0 Å². The van der Waals surface area contributed by atoms with Crippen molar-refractivity contribution < 1.29 is 22.7 Å². The average Bonchev–Trinajstić information content (AvgIpc) is 3.12. The number of rotatable bonds is 4. The fourth-order valence-corrected chi connectivity index (χ4v) is 2.92. The van der Waals surface area contributed by atoms with Crippen LogP contribution in [0, 0.1) is 5.92 Å². The number of alkyl halides is 3. The molecule has 0 aliphatic carbocycles. The van der Waals surface area contributed by atoms with Crippen molar-refractivity contribution in [2.24, 2.45) is 11.7 Å². The first-order chi connectivity index (χ1) is 12.4. The molecule has 1 aromatic heterocycles. The zero-order chi connectivity index (χ0) is 18.7. The van der Waals surface area contributed by atoms with Crippen molar-refractivity contribution in [2.75, 3.05) is 18.5 Å². The fourth-order valence-electron chi connectivity index (χ4n) is 2.92. The van der Waals surface area contributed by atoms with Gasteiger partial charge in [-0.3, -0.25) is 4.79 Å². The number of hydrogen-bond acceptors (Lipinski definition) is 4. The monoisotopic (exact) mass is 368 g/mol. The summed E-state index contributed by atoms with van der Waals surface area (Å²) >= 11 is 0. The Labute approximate surface area is 148 Å². The van der Waals surface area contributed by atoms with Crippen molar-refractivity contribution in [3.8, 4) is 5.69 Å². The highest BCUT2D eigenvalue weighted by atomic mass is 19.4. The maximum Gasteiger partial charge on any atom is 0.433 e. The first-order valence-electron chi connectivity index (χ1n) is 8.22. The van der Waals surface area contributed by atoms with Crippen LogP contribution in [0.2, 0.25) is 0 Å². The van der Waals surface area contributed by atoms with Crippen LogP contribution in [-0.4, -0.2) is 34.9 Å². The molecule has 9 heteroatoms. The van der Waals surface area contributed by atoms with Crippen molar-refractivity contribution in [3.63, 3.8) is 0 Å². The molecule has 2 heterocycles. The molecule has 3 rings (SSSR count). The molecule has 2 aromatic rings. The number of anilines is 1. The van der Waals surface area contributed by atoms with Gasteiger partial charge < -0.3 is 15.8 Å². The van der Waals surface area contributed by atoms with E-state index in [9.17, 15) is 18.0 Å². The highest BCUT2D eigenvalue weighted by Crippen LogP contribution is 2.30. The number of nitrogens with one attached hydrogen (secondary N) is 1. The smallest absolute Gasteiger partial charge is 0.381 e. The van der Waals surface area contributed by atoms with Gasteiger partial charge >= 0.3 is 6.18 Å². The zero-order valence-corrected chi connectivity index (χ0v) is 13.9. The number of aromatic nitrogens is 2. The summed E-state index contributed by atoms with van der Waals surface area (Å²) in [6.07, 6.45) is -1.95. The topological polar surface area (TPSA) is 82.2 Å². The molecule has 1 atom stereocenters. The van der Waals surface area contributed by atoms with E-state index in [2.05, 4.69) is 10.4 Å². The SMILES string of the molecule is NC(C(=O)Nc1ccc(-n2nccc2C(F)(F)F)cc1)C1CCOCC1. The molecule has 1 aliphatic rings. The molecule has 1 aliphatic heterocycles. The maximum atomic E-state index is 12.9. The molecule has 1 saturated heterocycles. The molecule has 3 N–H and O–H groups in total. The molecule has 1 aromatic carbocycles. The summed E-state index contributed by atoms with van der Waals surface area (Å²) < 4.78 is 44.9. The Hall–Kier alpha value is -2.39. The second kappa shape index (κ2) is 7.46. The maximum absolute atomic E-state index is 12.9. The van der Waals surface area contributed by atoms with Gasteiger partial charge in [0, 0.05) is 18.9 Å².